The zero-order chi connectivity index (χ0) is 23.7. The van der Waals surface area contributed by atoms with E-state index in [0.29, 0.717) is 19.0 Å². The van der Waals surface area contributed by atoms with Crippen LogP contribution in [0.4, 0.5) is 10.7 Å². The van der Waals surface area contributed by atoms with Crippen molar-refractivity contribution in [1.82, 2.24) is 24.6 Å². The highest BCUT2D eigenvalue weighted by Crippen LogP contribution is 2.25. The number of anilines is 1. The third kappa shape index (κ3) is 5.35. The Hall–Kier alpha value is -3.17. The Labute approximate surface area is 188 Å². The van der Waals surface area contributed by atoms with E-state index < -0.39 is 17.0 Å². The minimum absolute atomic E-state index is 0.153. The maximum Gasteiger partial charge on any atom is 0.410 e. The fourth-order valence-electron chi connectivity index (χ4n) is 3.38. The summed E-state index contributed by atoms with van der Waals surface area (Å²) in [4.78, 5) is 34.8. The van der Waals surface area contributed by atoms with Crippen molar-refractivity contribution in [3.8, 4) is 11.3 Å². The molecule has 0 bridgehead atoms. The number of nitrogens with zero attached hydrogens (tertiary/aromatic N) is 5. The zero-order valence-corrected chi connectivity index (χ0v) is 19.7. The van der Waals surface area contributed by atoms with Gasteiger partial charge in [-0.15, -0.1) is 0 Å². The van der Waals surface area contributed by atoms with Crippen molar-refractivity contribution in [3.05, 3.63) is 24.2 Å². The Morgan fingerprint density at radius 1 is 1.16 bits per heavy atom. The van der Waals surface area contributed by atoms with E-state index >= 15 is 0 Å². The fourth-order valence-corrected chi connectivity index (χ4v) is 3.38. The number of likely N-dealkylation sites (tertiary alicyclic amines) is 1. The van der Waals surface area contributed by atoms with Gasteiger partial charge < -0.3 is 20.7 Å². The third-order valence-corrected chi connectivity index (χ3v) is 5.48. The van der Waals surface area contributed by atoms with Crippen LogP contribution in [0, 0.1) is 6.92 Å². The first-order valence-corrected chi connectivity index (χ1v) is 10.8. The Morgan fingerprint density at radius 3 is 2.41 bits per heavy atom. The Morgan fingerprint density at radius 2 is 1.81 bits per heavy atom. The number of carbonyl (C=O) groups excluding carboxylic acids is 2. The van der Waals surface area contributed by atoms with Crippen LogP contribution in [-0.4, -0.2) is 61.4 Å². The summed E-state index contributed by atoms with van der Waals surface area (Å²) in [6.07, 6.45) is 6.47. The number of aryl methyl sites for hydroxylation is 1. The number of carbonyl (C=O) groups is 2. The van der Waals surface area contributed by atoms with Crippen molar-refractivity contribution in [2.45, 2.75) is 71.6 Å². The fraction of sp³-hybridized carbons (Fsp3) is 0.591. The lowest BCUT2D eigenvalue weighted by Crippen LogP contribution is -2.44. The maximum absolute atomic E-state index is 12.3. The second-order valence-corrected chi connectivity index (χ2v) is 9.71. The van der Waals surface area contributed by atoms with Gasteiger partial charge in [-0.3, -0.25) is 9.48 Å². The summed E-state index contributed by atoms with van der Waals surface area (Å²) in [6, 6.07) is 0.153. The SMILES string of the molecule is Cc1cnc(NC2CCN(C(=O)OC(C)(C)C)CC2)nc1-c1cnn(C(C)(C)C(N)=O)c1. The summed E-state index contributed by atoms with van der Waals surface area (Å²) in [6.45, 7) is 12.2. The molecule has 1 aliphatic rings. The number of hydrogen-bond donors (Lipinski definition) is 2. The van der Waals surface area contributed by atoms with Gasteiger partial charge in [0.15, 0.2) is 0 Å². The number of amides is 2. The summed E-state index contributed by atoms with van der Waals surface area (Å²) >= 11 is 0. The molecule has 0 aliphatic carbocycles. The Bertz CT molecular complexity index is 986. The molecule has 10 nitrogen and oxygen atoms in total. The van der Waals surface area contributed by atoms with Crippen molar-refractivity contribution in [3.63, 3.8) is 0 Å². The number of nitrogens with two attached hydrogens (primary N) is 1. The van der Waals surface area contributed by atoms with E-state index in [1.165, 1.54) is 0 Å². The number of aromatic nitrogens is 4. The van der Waals surface area contributed by atoms with E-state index in [1.54, 1.807) is 42.0 Å². The first-order chi connectivity index (χ1) is 14.9. The van der Waals surface area contributed by atoms with Crippen LogP contribution < -0.4 is 11.1 Å². The number of ether oxygens (including phenoxy) is 1. The summed E-state index contributed by atoms with van der Waals surface area (Å²) in [5.41, 5.74) is 6.47. The van der Waals surface area contributed by atoms with Gasteiger partial charge in [-0.05, 0) is 59.9 Å². The predicted octanol–water partition coefficient (Wildman–Crippen LogP) is 2.68. The van der Waals surface area contributed by atoms with Crippen molar-refractivity contribution in [2.75, 3.05) is 18.4 Å². The van der Waals surface area contributed by atoms with E-state index in [0.717, 1.165) is 29.7 Å². The second-order valence-electron chi connectivity index (χ2n) is 9.71. The minimum Gasteiger partial charge on any atom is -0.444 e. The third-order valence-electron chi connectivity index (χ3n) is 5.48. The lowest BCUT2D eigenvalue weighted by molar-refractivity contribution is -0.125. The zero-order valence-electron chi connectivity index (χ0n) is 19.7. The van der Waals surface area contributed by atoms with Gasteiger partial charge in [0.05, 0.1) is 11.9 Å². The molecule has 0 atom stereocenters. The highest BCUT2D eigenvalue weighted by Gasteiger charge is 2.29. The average Bonchev–Trinajstić information content (AvgIpc) is 3.19. The van der Waals surface area contributed by atoms with Crippen LogP contribution in [0.1, 0.15) is 53.0 Å². The quantitative estimate of drug-likeness (QED) is 0.727. The molecule has 2 aromatic heterocycles. The molecule has 0 aromatic carbocycles. The van der Waals surface area contributed by atoms with E-state index in [1.807, 2.05) is 27.7 Å². The van der Waals surface area contributed by atoms with Crippen LogP contribution in [0.5, 0.6) is 0 Å². The lowest BCUT2D eigenvalue weighted by Gasteiger charge is -2.33. The van der Waals surface area contributed by atoms with Gasteiger partial charge in [0.25, 0.3) is 0 Å². The predicted molar refractivity (Wildman–Crippen MR) is 121 cm³/mol. The van der Waals surface area contributed by atoms with Crippen LogP contribution in [0.15, 0.2) is 18.6 Å². The first-order valence-electron chi connectivity index (χ1n) is 10.8. The minimum atomic E-state index is -0.942. The smallest absolute Gasteiger partial charge is 0.410 e. The van der Waals surface area contributed by atoms with Gasteiger partial charge in [-0.2, -0.15) is 5.10 Å². The Kier molecular flexibility index (Phi) is 6.43. The molecule has 1 saturated heterocycles. The summed E-state index contributed by atoms with van der Waals surface area (Å²) in [5, 5.41) is 7.69. The molecule has 1 fully saturated rings. The van der Waals surface area contributed by atoms with E-state index in [2.05, 4.69) is 20.4 Å². The average molecular weight is 444 g/mol. The lowest BCUT2D eigenvalue weighted by atomic mass is 10.1. The van der Waals surface area contributed by atoms with Gasteiger partial charge in [-0.1, -0.05) is 0 Å². The van der Waals surface area contributed by atoms with Crippen LogP contribution in [0.3, 0.4) is 0 Å². The van der Waals surface area contributed by atoms with Crippen LogP contribution >= 0.6 is 0 Å². The topological polar surface area (TPSA) is 128 Å². The van der Waals surface area contributed by atoms with Crippen molar-refractivity contribution in [1.29, 1.82) is 0 Å². The van der Waals surface area contributed by atoms with Gasteiger partial charge in [0, 0.05) is 37.1 Å². The molecule has 0 saturated carbocycles. The Balaban J connectivity index is 1.67. The first kappa shape index (κ1) is 23.5. The second kappa shape index (κ2) is 8.76. The van der Waals surface area contributed by atoms with Gasteiger partial charge in [-0.25, -0.2) is 14.8 Å². The van der Waals surface area contributed by atoms with E-state index in [-0.39, 0.29) is 12.1 Å². The van der Waals surface area contributed by atoms with E-state index in [4.69, 9.17) is 10.5 Å². The summed E-state index contributed by atoms with van der Waals surface area (Å²) < 4.78 is 7.00. The molecule has 174 valence electrons. The highest BCUT2D eigenvalue weighted by atomic mass is 16.6. The molecule has 3 rings (SSSR count). The molecule has 0 unspecified atom stereocenters. The summed E-state index contributed by atoms with van der Waals surface area (Å²) in [5.74, 6) is 0.0508. The van der Waals surface area contributed by atoms with Crippen LogP contribution in [0.2, 0.25) is 0 Å². The van der Waals surface area contributed by atoms with Gasteiger partial charge in [0.1, 0.15) is 11.1 Å². The van der Waals surface area contributed by atoms with E-state index in [9.17, 15) is 9.59 Å². The van der Waals surface area contributed by atoms with Crippen LogP contribution in [0.25, 0.3) is 11.3 Å². The number of rotatable bonds is 5. The molecule has 32 heavy (non-hydrogen) atoms. The largest absolute Gasteiger partial charge is 0.444 e. The molecule has 2 aromatic rings. The highest BCUT2D eigenvalue weighted by molar-refractivity contribution is 5.81. The monoisotopic (exact) mass is 443 g/mol. The number of hydrogen-bond acceptors (Lipinski definition) is 7. The maximum atomic E-state index is 12.3. The molecular weight excluding hydrogens is 410 g/mol. The number of piperidine rings is 1. The molecule has 3 N–H and O–H groups in total. The van der Waals surface area contributed by atoms with Crippen LogP contribution in [-0.2, 0) is 15.1 Å². The molecular formula is C22H33N7O3. The number of primary amides is 1. The standard InChI is InChI=1S/C22H33N7O3/c1-14-11-24-19(26-16-7-9-28(10-8-16)20(31)32-21(2,3)4)27-17(14)15-12-25-29(13-15)22(5,6)18(23)30/h11-13,16H,7-10H2,1-6H3,(H2,23,30)(H,24,26,27). The number of nitrogens with one attached hydrogen (secondary N) is 1. The molecule has 1 aliphatic heterocycles. The van der Waals surface area contributed by atoms with Crippen molar-refractivity contribution >= 4 is 17.9 Å². The molecule has 0 radical (unpaired) electrons. The normalized spacial score (nSPS) is 15.5. The van der Waals surface area contributed by atoms with Gasteiger partial charge >= 0.3 is 6.09 Å². The van der Waals surface area contributed by atoms with Gasteiger partial charge in [0.2, 0.25) is 11.9 Å². The molecule has 10 heteroatoms. The van der Waals surface area contributed by atoms with Crippen molar-refractivity contribution < 1.29 is 14.3 Å². The molecule has 3 heterocycles. The van der Waals surface area contributed by atoms with Crippen molar-refractivity contribution in [2.24, 2.45) is 5.73 Å². The molecule has 2 amide bonds. The summed E-state index contributed by atoms with van der Waals surface area (Å²) in [7, 11) is 0. The molecule has 0 spiro atoms.